The Bertz CT molecular complexity index is 215. The van der Waals surface area contributed by atoms with E-state index in [-0.39, 0.29) is 11.9 Å². The second-order valence-electron chi connectivity index (χ2n) is 4.92. The summed E-state index contributed by atoms with van der Waals surface area (Å²) in [5.41, 5.74) is 2.53. The number of likely N-dealkylation sites (tertiary alicyclic amines) is 1. The molecule has 0 aromatic carbocycles. The molecule has 0 radical (unpaired) electrons. The van der Waals surface area contributed by atoms with E-state index in [2.05, 4.69) is 24.2 Å². The first kappa shape index (κ1) is 11.5. The van der Waals surface area contributed by atoms with E-state index in [0.717, 1.165) is 19.5 Å². The fourth-order valence-electron chi connectivity index (χ4n) is 2.09. The van der Waals surface area contributed by atoms with Crippen LogP contribution < -0.4 is 11.3 Å². The molecule has 0 saturated carbocycles. The fraction of sp³-hybridized carbons (Fsp3) is 0.900. The van der Waals surface area contributed by atoms with E-state index in [9.17, 15) is 4.79 Å². The van der Waals surface area contributed by atoms with Crippen LogP contribution in [0.25, 0.3) is 0 Å². The van der Waals surface area contributed by atoms with Crippen LogP contribution in [0, 0.1) is 5.41 Å². The molecule has 1 aliphatic rings. The highest BCUT2D eigenvalue weighted by Gasteiger charge is 2.31. The average molecular weight is 199 g/mol. The van der Waals surface area contributed by atoms with Gasteiger partial charge < -0.3 is 0 Å². The Hall–Kier alpha value is -0.610. The molecule has 82 valence electrons. The summed E-state index contributed by atoms with van der Waals surface area (Å²) in [6, 6.07) is -0.112. The van der Waals surface area contributed by atoms with E-state index in [1.54, 1.807) is 0 Å². The number of hydrogen-bond donors (Lipinski definition) is 2. The van der Waals surface area contributed by atoms with Crippen molar-refractivity contribution in [2.75, 3.05) is 13.1 Å². The summed E-state index contributed by atoms with van der Waals surface area (Å²) in [6.07, 6.45) is 2.40. The van der Waals surface area contributed by atoms with Gasteiger partial charge in [0.25, 0.3) is 5.91 Å². The van der Waals surface area contributed by atoms with Crippen LogP contribution in [-0.4, -0.2) is 29.9 Å². The number of nitrogens with one attached hydrogen (secondary N) is 1. The molecule has 1 unspecified atom stereocenters. The van der Waals surface area contributed by atoms with Gasteiger partial charge in [-0.25, -0.2) is 5.84 Å². The molecular formula is C10H21N3O. The highest BCUT2D eigenvalue weighted by atomic mass is 16.2. The van der Waals surface area contributed by atoms with Crippen LogP contribution in [-0.2, 0) is 4.79 Å². The smallest absolute Gasteiger partial charge is 0.250 e. The van der Waals surface area contributed by atoms with Crippen molar-refractivity contribution in [2.45, 2.75) is 39.7 Å². The van der Waals surface area contributed by atoms with Gasteiger partial charge in [0, 0.05) is 6.54 Å². The molecule has 1 atom stereocenters. The third-order valence-corrected chi connectivity index (χ3v) is 3.00. The minimum Gasteiger partial charge on any atom is -0.293 e. The maximum atomic E-state index is 11.3. The largest absolute Gasteiger partial charge is 0.293 e. The summed E-state index contributed by atoms with van der Waals surface area (Å²) in [7, 11) is 0. The molecule has 1 fully saturated rings. The first-order valence-corrected chi connectivity index (χ1v) is 5.21. The summed E-state index contributed by atoms with van der Waals surface area (Å²) in [5.74, 6) is 5.03. The van der Waals surface area contributed by atoms with Gasteiger partial charge in [-0.1, -0.05) is 13.8 Å². The lowest BCUT2D eigenvalue weighted by Gasteiger charge is -2.40. The zero-order valence-electron chi connectivity index (χ0n) is 9.34. The molecule has 0 aliphatic carbocycles. The Balaban J connectivity index is 2.56. The van der Waals surface area contributed by atoms with Crippen molar-refractivity contribution in [1.29, 1.82) is 0 Å². The lowest BCUT2D eigenvalue weighted by Crippen LogP contribution is -2.52. The zero-order chi connectivity index (χ0) is 10.8. The van der Waals surface area contributed by atoms with Crippen molar-refractivity contribution in [3.8, 4) is 0 Å². The van der Waals surface area contributed by atoms with Gasteiger partial charge in [0.1, 0.15) is 0 Å². The summed E-state index contributed by atoms with van der Waals surface area (Å²) < 4.78 is 0. The molecular weight excluding hydrogens is 178 g/mol. The topological polar surface area (TPSA) is 58.4 Å². The van der Waals surface area contributed by atoms with Crippen molar-refractivity contribution in [3.05, 3.63) is 0 Å². The summed E-state index contributed by atoms with van der Waals surface area (Å²) in [6.45, 7) is 8.36. The normalized spacial score (nSPS) is 24.3. The van der Waals surface area contributed by atoms with Gasteiger partial charge in [0.05, 0.1) is 6.04 Å². The molecule has 1 aliphatic heterocycles. The van der Waals surface area contributed by atoms with E-state index >= 15 is 0 Å². The van der Waals surface area contributed by atoms with Crippen LogP contribution in [0.3, 0.4) is 0 Å². The predicted octanol–water partition coefficient (Wildman–Crippen LogP) is 0.487. The average Bonchev–Trinajstić information content (AvgIpc) is 2.14. The van der Waals surface area contributed by atoms with Crippen LogP contribution in [0.1, 0.15) is 33.6 Å². The van der Waals surface area contributed by atoms with Crippen LogP contribution in [0.4, 0.5) is 0 Å². The summed E-state index contributed by atoms with van der Waals surface area (Å²) in [4.78, 5) is 13.5. The molecule has 0 aromatic heterocycles. The predicted molar refractivity (Wildman–Crippen MR) is 56.4 cm³/mol. The quantitative estimate of drug-likeness (QED) is 0.386. The molecule has 14 heavy (non-hydrogen) atoms. The van der Waals surface area contributed by atoms with Crippen LogP contribution in [0.2, 0.25) is 0 Å². The standard InChI is InChI=1S/C10H21N3O/c1-8(9(14)12-11)13-6-4-5-10(2,3)7-13/h8H,4-7,11H2,1-3H3,(H,12,14). The fourth-order valence-corrected chi connectivity index (χ4v) is 2.09. The third kappa shape index (κ3) is 2.69. The van der Waals surface area contributed by atoms with E-state index in [0.29, 0.717) is 5.41 Å². The molecule has 1 rings (SSSR count). The molecule has 1 amide bonds. The molecule has 0 bridgehead atoms. The lowest BCUT2D eigenvalue weighted by molar-refractivity contribution is -0.127. The van der Waals surface area contributed by atoms with Crippen LogP contribution in [0.5, 0.6) is 0 Å². The Kier molecular flexibility index (Phi) is 3.50. The number of nitrogens with zero attached hydrogens (tertiary/aromatic N) is 1. The molecule has 4 heteroatoms. The zero-order valence-corrected chi connectivity index (χ0v) is 9.34. The lowest BCUT2D eigenvalue weighted by atomic mass is 9.83. The summed E-state index contributed by atoms with van der Waals surface area (Å²) >= 11 is 0. The second-order valence-corrected chi connectivity index (χ2v) is 4.92. The number of carbonyl (C=O) groups excluding carboxylic acids is 1. The minimum atomic E-state index is -0.112. The number of nitrogens with two attached hydrogens (primary N) is 1. The molecule has 4 nitrogen and oxygen atoms in total. The molecule has 1 saturated heterocycles. The van der Waals surface area contributed by atoms with Gasteiger partial charge in [-0.05, 0) is 31.7 Å². The number of hydrogen-bond acceptors (Lipinski definition) is 3. The molecule has 1 heterocycles. The van der Waals surface area contributed by atoms with Gasteiger partial charge in [-0.3, -0.25) is 15.1 Å². The van der Waals surface area contributed by atoms with Crippen molar-refractivity contribution < 1.29 is 4.79 Å². The SMILES string of the molecule is CC(C(=O)NN)N1CCCC(C)(C)C1. The van der Waals surface area contributed by atoms with Gasteiger partial charge in [0.2, 0.25) is 0 Å². The number of piperidine rings is 1. The minimum absolute atomic E-state index is 0.0947. The molecule has 0 spiro atoms. The maximum Gasteiger partial charge on any atom is 0.250 e. The second kappa shape index (κ2) is 4.28. The van der Waals surface area contributed by atoms with E-state index in [1.165, 1.54) is 6.42 Å². The van der Waals surface area contributed by atoms with Crippen molar-refractivity contribution >= 4 is 5.91 Å². The number of carbonyl (C=O) groups is 1. The van der Waals surface area contributed by atoms with E-state index < -0.39 is 0 Å². The van der Waals surface area contributed by atoms with Crippen molar-refractivity contribution in [1.82, 2.24) is 10.3 Å². The summed E-state index contributed by atoms with van der Waals surface area (Å²) in [5, 5.41) is 0. The van der Waals surface area contributed by atoms with E-state index in [4.69, 9.17) is 5.84 Å². The highest BCUT2D eigenvalue weighted by molar-refractivity contribution is 5.80. The monoisotopic (exact) mass is 199 g/mol. The Morgan fingerprint density at radius 2 is 2.21 bits per heavy atom. The maximum absolute atomic E-state index is 11.3. The Morgan fingerprint density at radius 1 is 1.57 bits per heavy atom. The molecule has 3 N–H and O–H groups in total. The van der Waals surface area contributed by atoms with Crippen LogP contribution >= 0.6 is 0 Å². The third-order valence-electron chi connectivity index (χ3n) is 3.00. The first-order valence-electron chi connectivity index (χ1n) is 5.21. The number of rotatable bonds is 2. The van der Waals surface area contributed by atoms with Crippen molar-refractivity contribution in [2.24, 2.45) is 11.3 Å². The Labute approximate surface area is 85.8 Å². The molecule has 0 aromatic rings. The van der Waals surface area contributed by atoms with Gasteiger partial charge in [0.15, 0.2) is 0 Å². The first-order chi connectivity index (χ1) is 6.46. The number of hydrazine groups is 1. The number of amides is 1. The highest BCUT2D eigenvalue weighted by Crippen LogP contribution is 2.29. The van der Waals surface area contributed by atoms with Gasteiger partial charge in [-0.15, -0.1) is 0 Å². The Morgan fingerprint density at radius 3 is 2.71 bits per heavy atom. The van der Waals surface area contributed by atoms with E-state index in [1.807, 2.05) is 6.92 Å². The van der Waals surface area contributed by atoms with Gasteiger partial charge in [-0.2, -0.15) is 0 Å². The van der Waals surface area contributed by atoms with Gasteiger partial charge >= 0.3 is 0 Å². The van der Waals surface area contributed by atoms with Crippen LogP contribution in [0.15, 0.2) is 0 Å². The van der Waals surface area contributed by atoms with Crippen molar-refractivity contribution in [3.63, 3.8) is 0 Å².